The van der Waals surface area contributed by atoms with E-state index in [4.69, 9.17) is 4.74 Å². The molecule has 1 aromatic carbocycles. The fourth-order valence-corrected chi connectivity index (χ4v) is 2.83. The summed E-state index contributed by atoms with van der Waals surface area (Å²) in [6, 6.07) is 7.62. The minimum absolute atomic E-state index is 0.380. The van der Waals surface area contributed by atoms with Crippen LogP contribution in [0.5, 0.6) is 5.75 Å². The zero-order valence-corrected chi connectivity index (χ0v) is 12.5. The fraction of sp³-hybridized carbons (Fsp3) is 0.250. The largest absolute Gasteiger partial charge is 0.423 e. The Balaban J connectivity index is 1.79. The van der Waals surface area contributed by atoms with Crippen LogP contribution in [0.4, 0.5) is 0 Å². The van der Waals surface area contributed by atoms with Crippen molar-refractivity contribution in [1.82, 2.24) is 4.98 Å². The molecule has 0 N–H and O–H groups in total. The van der Waals surface area contributed by atoms with Gasteiger partial charge in [-0.1, -0.05) is 6.07 Å². The predicted octanol–water partition coefficient (Wildman–Crippen LogP) is 3.94. The van der Waals surface area contributed by atoms with Crippen molar-refractivity contribution in [3.8, 4) is 5.75 Å². The first kappa shape index (κ1) is 13.3. The average molecular weight is 332 g/mol. The number of rotatable bonds is 2. The third-order valence-corrected chi connectivity index (χ3v) is 3.90. The van der Waals surface area contributed by atoms with Gasteiger partial charge in [0.15, 0.2) is 0 Å². The van der Waals surface area contributed by atoms with Crippen LogP contribution in [0.15, 0.2) is 41.1 Å². The SMILES string of the molecule is O=C(Oc1ccc2c(c1)CCCC2)c1cncc(Br)c1. The molecule has 1 aromatic heterocycles. The van der Waals surface area contributed by atoms with Crippen LogP contribution in [-0.4, -0.2) is 11.0 Å². The van der Waals surface area contributed by atoms with Crippen molar-refractivity contribution in [2.75, 3.05) is 0 Å². The lowest BCUT2D eigenvalue weighted by Crippen LogP contribution is -2.10. The summed E-state index contributed by atoms with van der Waals surface area (Å²) in [5, 5.41) is 0. The number of hydrogen-bond acceptors (Lipinski definition) is 3. The molecule has 3 nitrogen and oxygen atoms in total. The minimum atomic E-state index is -0.380. The number of carbonyl (C=O) groups excluding carboxylic acids is 1. The van der Waals surface area contributed by atoms with Gasteiger partial charge in [0.1, 0.15) is 5.75 Å². The maximum absolute atomic E-state index is 12.1. The molecule has 0 aliphatic heterocycles. The second kappa shape index (κ2) is 5.75. The summed E-state index contributed by atoms with van der Waals surface area (Å²) in [6.07, 6.45) is 7.79. The second-order valence-corrected chi connectivity index (χ2v) is 5.83. The molecule has 0 bridgehead atoms. The normalized spacial score (nSPS) is 13.7. The molecule has 2 aromatic rings. The van der Waals surface area contributed by atoms with E-state index >= 15 is 0 Å². The van der Waals surface area contributed by atoms with Gasteiger partial charge in [-0.05, 0) is 70.9 Å². The van der Waals surface area contributed by atoms with Crippen LogP contribution in [-0.2, 0) is 12.8 Å². The third kappa shape index (κ3) is 2.90. The van der Waals surface area contributed by atoms with Crippen LogP contribution < -0.4 is 4.74 Å². The van der Waals surface area contributed by atoms with E-state index in [9.17, 15) is 4.79 Å². The number of hydrogen-bond donors (Lipinski definition) is 0. The Kier molecular flexibility index (Phi) is 3.83. The lowest BCUT2D eigenvalue weighted by Gasteiger charge is -2.16. The quantitative estimate of drug-likeness (QED) is 0.618. The van der Waals surface area contributed by atoms with E-state index < -0.39 is 0 Å². The number of pyridine rings is 1. The van der Waals surface area contributed by atoms with Gasteiger partial charge in [-0.3, -0.25) is 4.98 Å². The van der Waals surface area contributed by atoms with Crippen molar-refractivity contribution in [3.05, 3.63) is 57.8 Å². The standard InChI is InChI=1S/C16H14BrNO2/c17-14-7-13(9-18-10-14)16(19)20-15-6-5-11-3-1-2-4-12(11)8-15/h5-10H,1-4H2. The van der Waals surface area contributed by atoms with Gasteiger partial charge in [-0.2, -0.15) is 0 Å². The molecule has 0 radical (unpaired) electrons. The molecule has 1 aliphatic carbocycles. The van der Waals surface area contributed by atoms with E-state index in [2.05, 4.69) is 27.0 Å². The molecule has 1 aliphatic rings. The van der Waals surface area contributed by atoms with Crippen molar-refractivity contribution < 1.29 is 9.53 Å². The predicted molar refractivity (Wildman–Crippen MR) is 80.0 cm³/mol. The molecule has 0 saturated carbocycles. The van der Waals surface area contributed by atoms with Crippen molar-refractivity contribution >= 4 is 21.9 Å². The Hall–Kier alpha value is -1.68. The Bertz CT molecular complexity index is 655. The third-order valence-electron chi connectivity index (χ3n) is 3.47. The molecule has 0 saturated heterocycles. The first-order valence-corrected chi connectivity index (χ1v) is 7.46. The van der Waals surface area contributed by atoms with Crippen molar-refractivity contribution in [2.45, 2.75) is 25.7 Å². The number of carbonyl (C=O) groups is 1. The van der Waals surface area contributed by atoms with E-state index in [0.29, 0.717) is 11.3 Å². The topological polar surface area (TPSA) is 39.2 Å². The van der Waals surface area contributed by atoms with Crippen LogP contribution in [0.25, 0.3) is 0 Å². The monoisotopic (exact) mass is 331 g/mol. The Labute approximate surface area is 126 Å². The number of halogens is 1. The maximum atomic E-state index is 12.1. The Morgan fingerprint density at radius 2 is 1.90 bits per heavy atom. The lowest BCUT2D eigenvalue weighted by molar-refractivity contribution is 0.0734. The maximum Gasteiger partial charge on any atom is 0.345 e. The molecule has 1 heterocycles. The number of fused-ring (bicyclic) bond motifs is 1. The van der Waals surface area contributed by atoms with Crippen molar-refractivity contribution in [3.63, 3.8) is 0 Å². The van der Waals surface area contributed by atoms with E-state index in [1.54, 1.807) is 12.3 Å². The number of ether oxygens (including phenoxy) is 1. The summed E-state index contributed by atoms with van der Waals surface area (Å²) in [7, 11) is 0. The van der Waals surface area contributed by atoms with Crippen LogP contribution in [0.1, 0.15) is 34.3 Å². The summed E-state index contributed by atoms with van der Waals surface area (Å²) >= 11 is 3.29. The lowest BCUT2D eigenvalue weighted by atomic mass is 9.92. The summed E-state index contributed by atoms with van der Waals surface area (Å²) in [5.74, 6) is 0.227. The highest BCUT2D eigenvalue weighted by Crippen LogP contribution is 2.25. The van der Waals surface area contributed by atoms with Crippen molar-refractivity contribution in [2.24, 2.45) is 0 Å². The van der Waals surface area contributed by atoms with Crippen molar-refractivity contribution in [1.29, 1.82) is 0 Å². The van der Waals surface area contributed by atoms with E-state index in [1.807, 2.05) is 12.1 Å². The second-order valence-electron chi connectivity index (χ2n) is 4.92. The van der Waals surface area contributed by atoms with Gasteiger partial charge in [-0.15, -0.1) is 0 Å². The first-order chi connectivity index (χ1) is 9.72. The number of aryl methyl sites for hydroxylation is 2. The summed E-state index contributed by atoms with van der Waals surface area (Å²) in [6.45, 7) is 0. The Morgan fingerprint density at radius 3 is 2.70 bits per heavy atom. The molecule has 102 valence electrons. The molecule has 0 spiro atoms. The number of esters is 1. The average Bonchev–Trinajstić information content (AvgIpc) is 2.47. The molecule has 20 heavy (non-hydrogen) atoms. The molecule has 0 amide bonds. The van der Waals surface area contributed by atoms with Crippen LogP contribution >= 0.6 is 15.9 Å². The molecule has 0 atom stereocenters. The highest BCUT2D eigenvalue weighted by atomic mass is 79.9. The molecule has 4 heteroatoms. The van der Waals surface area contributed by atoms with E-state index in [0.717, 1.165) is 17.3 Å². The summed E-state index contributed by atoms with van der Waals surface area (Å²) in [5.41, 5.74) is 3.12. The summed E-state index contributed by atoms with van der Waals surface area (Å²) in [4.78, 5) is 16.0. The van der Waals surface area contributed by atoms with Crippen LogP contribution in [0.3, 0.4) is 0 Å². The fourth-order valence-electron chi connectivity index (χ4n) is 2.46. The van der Waals surface area contributed by atoms with E-state index in [1.165, 1.54) is 30.2 Å². The zero-order chi connectivity index (χ0) is 13.9. The molecular formula is C16H14BrNO2. The molecular weight excluding hydrogens is 318 g/mol. The van der Waals surface area contributed by atoms with Gasteiger partial charge in [0, 0.05) is 16.9 Å². The smallest absolute Gasteiger partial charge is 0.345 e. The van der Waals surface area contributed by atoms with Crippen LogP contribution in [0.2, 0.25) is 0 Å². The number of aromatic nitrogens is 1. The molecule has 0 fully saturated rings. The molecule has 3 rings (SSSR count). The molecule has 0 unspecified atom stereocenters. The van der Waals surface area contributed by atoms with Gasteiger partial charge in [0.2, 0.25) is 0 Å². The van der Waals surface area contributed by atoms with Gasteiger partial charge in [-0.25, -0.2) is 4.79 Å². The van der Waals surface area contributed by atoms with Gasteiger partial charge < -0.3 is 4.74 Å². The number of nitrogens with zero attached hydrogens (tertiary/aromatic N) is 1. The van der Waals surface area contributed by atoms with Crippen LogP contribution in [0, 0.1) is 0 Å². The zero-order valence-electron chi connectivity index (χ0n) is 10.9. The van der Waals surface area contributed by atoms with Gasteiger partial charge in [0.05, 0.1) is 5.56 Å². The van der Waals surface area contributed by atoms with E-state index in [-0.39, 0.29) is 5.97 Å². The summed E-state index contributed by atoms with van der Waals surface area (Å²) < 4.78 is 6.18. The number of benzene rings is 1. The highest BCUT2D eigenvalue weighted by molar-refractivity contribution is 9.10. The van der Waals surface area contributed by atoms with Gasteiger partial charge in [0.25, 0.3) is 0 Å². The highest BCUT2D eigenvalue weighted by Gasteiger charge is 2.13. The Morgan fingerprint density at radius 1 is 1.10 bits per heavy atom. The minimum Gasteiger partial charge on any atom is -0.423 e. The van der Waals surface area contributed by atoms with Gasteiger partial charge >= 0.3 is 5.97 Å². The first-order valence-electron chi connectivity index (χ1n) is 6.67.